The Hall–Kier alpha value is -1.14. The molecule has 0 aliphatic heterocycles. The molecule has 0 atom stereocenters. The molecule has 0 unspecified atom stereocenters. The van der Waals surface area contributed by atoms with Crippen molar-refractivity contribution >= 4 is 11.9 Å². The van der Waals surface area contributed by atoms with E-state index in [4.69, 9.17) is 9.47 Å². The van der Waals surface area contributed by atoms with E-state index in [-0.39, 0.29) is 18.5 Å². The summed E-state index contributed by atoms with van der Waals surface area (Å²) in [7, 11) is 0. The molecule has 1 N–H and O–H groups in total. The SMILES string of the molecule is CCCCCCCCCOC(=O)CCCCC1(CCN(CCCO)CCCCCCCC(=O)OCC(CCCCCCC)CCCCCCC)CC1. The standard InChI is InChI=1S/C46H89NO5/c1-4-7-10-13-14-20-27-41-51-44(49)32-24-25-33-46(34-35-46)36-39-47(38-28-40-48)37-26-19-15-18-23-31-45(50)52-42-43(29-21-16-11-8-5-2)30-22-17-12-9-6-3/h43,48H,4-42H2,1-3H3. The largest absolute Gasteiger partial charge is 0.466 e. The van der Waals surface area contributed by atoms with Crippen LogP contribution in [0, 0.1) is 11.3 Å². The molecule has 0 spiro atoms. The summed E-state index contributed by atoms with van der Waals surface area (Å²) in [5, 5.41) is 9.48. The molecule has 0 aromatic rings. The summed E-state index contributed by atoms with van der Waals surface area (Å²) < 4.78 is 11.3. The van der Waals surface area contributed by atoms with E-state index in [0.29, 0.717) is 37.4 Å². The minimum absolute atomic E-state index is 0.00452. The topological polar surface area (TPSA) is 76.1 Å². The molecule has 0 amide bonds. The highest BCUT2D eigenvalue weighted by molar-refractivity contribution is 5.69. The molecule has 1 rings (SSSR count). The minimum Gasteiger partial charge on any atom is -0.466 e. The predicted octanol–water partition coefficient (Wildman–Crippen LogP) is 12.9. The average Bonchev–Trinajstić information content (AvgIpc) is 3.93. The number of unbranched alkanes of at least 4 members (excludes halogenated alkanes) is 19. The average molecular weight is 736 g/mol. The summed E-state index contributed by atoms with van der Waals surface area (Å²) in [6, 6.07) is 0. The first-order valence-corrected chi connectivity index (χ1v) is 23.1. The van der Waals surface area contributed by atoms with Crippen LogP contribution in [0.3, 0.4) is 0 Å². The smallest absolute Gasteiger partial charge is 0.305 e. The maximum atomic E-state index is 12.5. The lowest BCUT2D eigenvalue weighted by Gasteiger charge is -2.25. The van der Waals surface area contributed by atoms with Crippen molar-refractivity contribution in [2.45, 2.75) is 233 Å². The van der Waals surface area contributed by atoms with Crippen molar-refractivity contribution in [3.63, 3.8) is 0 Å². The molecule has 1 fully saturated rings. The van der Waals surface area contributed by atoms with Gasteiger partial charge < -0.3 is 19.5 Å². The first kappa shape index (κ1) is 48.9. The van der Waals surface area contributed by atoms with E-state index < -0.39 is 0 Å². The number of hydrogen-bond donors (Lipinski definition) is 1. The normalized spacial score (nSPS) is 13.7. The van der Waals surface area contributed by atoms with Gasteiger partial charge in [0.25, 0.3) is 0 Å². The van der Waals surface area contributed by atoms with Crippen LogP contribution in [0.5, 0.6) is 0 Å². The van der Waals surface area contributed by atoms with Gasteiger partial charge in [-0.05, 0) is 95.1 Å². The van der Waals surface area contributed by atoms with Crippen LogP contribution in [0.1, 0.15) is 233 Å². The van der Waals surface area contributed by atoms with Crippen LogP contribution in [0.2, 0.25) is 0 Å². The highest BCUT2D eigenvalue weighted by Gasteiger charge is 2.41. The van der Waals surface area contributed by atoms with E-state index in [1.165, 1.54) is 161 Å². The van der Waals surface area contributed by atoms with E-state index in [2.05, 4.69) is 25.7 Å². The van der Waals surface area contributed by atoms with Gasteiger partial charge in [0.15, 0.2) is 0 Å². The Balaban J connectivity index is 2.17. The van der Waals surface area contributed by atoms with Crippen LogP contribution in [0.4, 0.5) is 0 Å². The Kier molecular flexibility index (Phi) is 33.4. The predicted molar refractivity (Wildman–Crippen MR) is 221 cm³/mol. The van der Waals surface area contributed by atoms with Gasteiger partial charge in [-0.15, -0.1) is 0 Å². The molecular weight excluding hydrogens is 647 g/mol. The Bertz CT molecular complexity index is 786. The fraction of sp³-hybridized carbons (Fsp3) is 0.957. The second kappa shape index (κ2) is 35.6. The molecule has 0 aromatic heterocycles. The Morgan fingerprint density at radius 2 is 1.02 bits per heavy atom. The van der Waals surface area contributed by atoms with Crippen molar-refractivity contribution in [1.82, 2.24) is 4.90 Å². The van der Waals surface area contributed by atoms with Crippen LogP contribution in [-0.4, -0.2) is 61.4 Å². The summed E-state index contributed by atoms with van der Waals surface area (Å²) in [6.07, 6.45) is 38.9. The van der Waals surface area contributed by atoms with E-state index in [0.717, 1.165) is 58.2 Å². The summed E-state index contributed by atoms with van der Waals surface area (Å²) in [6.45, 7) is 11.4. The first-order chi connectivity index (χ1) is 25.5. The van der Waals surface area contributed by atoms with Gasteiger partial charge in [-0.1, -0.05) is 149 Å². The second-order valence-electron chi connectivity index (χ2n) is 16.7. The quantitative estimate of drug-likeness (QED) is 0.0498. The van der Waals surface area contributed by atoms with Gasteiger partial charge in [0.2, 0.25) is 0 Å². The number of aliphatic hydroxyl groups is 1. The van der Waals surface area contributed by atoms with Crippen molar-refractivity contribution in [1.29, 1.82) is 0 Å². The molecule has 1 saturated carbocycles. The Morgan fingerprint density at radius 1 is 0.538 bits per heavy atom. The molecule has 0 heterocycles. The maximum Gasteiger partial charge on any atom is 0.305 e. The van der Waals surface area contributed by atoms with E-state index in [1.54, 1.807) is 0 Å². The van der Waals surface area contributed by atoms with E-state index >= 15 is 0 Å². The fourth-order valence-corrected chi connectivity index (χ4v) is 7.72. The number of esters is 2. The summed E-state index contributed by atoms with van der Waals surface area (Å²) in [5.74, 6) is 0.530. The zero-order valence-corrected chi connectivity index (χ0v) is 35.2. The molecule has 6 heteroatoms. The molecule has 1 aliphatic rings. The van der Waals surface area contributed by atoms with Crippen molar-refractivity contribution in [3.05, 3.63) is 0 Å². The number of carbonyl (C=O) groups is 2. The van der Waals surface area contributed by atoms with Crippen LogP contribution in [0.25, 0.3) is 0 Å². The number of carbonyl (C=O) groups excluding carboxylic acids is 2. The lowest BCUT2D eigenvalue weighted by atomic mass is 9.94. The molecule has 0 aromatic carbocycles. The molecule has 0 saturated heterocycles. The zero-order valence-electron chi connectivity index (χ0n) is 35.2. The van der Waals surface area contributed by atoms with Gasteiger partial charge >= 0.3 is 11.9 Å². The van der Waals surface area contributed by atoms with Crippen molar-refractivity contribution in [3.8, 4) is 0 Å². The zero-order chi connectivity index (χ0) is 37.8. The number of nitrogens with zero attached hydrogens (tertiary/aromatic N) is 1. The third-order valence-electron chi connectivity index (χ3n) is 11.7. The number of hydrogen-bond acceptors (Lipinski definition) is 6. The molecule has 0 radical (unpaired) electrons. The summed E-state index contributed by atoms with van der Waals surface area (Å²) >= 11 is 0. The third-order valence-corrected chi connectivity index (χ3v) is 11.7. The number of rotatable bonds is 41. The monoisotopic (exact) mass is 736 g/mol. The molecule has 52 heavy (non-hydrogen) atoms. The molecular formula is C46H89NO5. The van der Waals surface area contributed by atoms with Gasteiger partial charge in [-0.25, -0.2) is 0 Å². The number of aliphatic hydroxyl groups excluding tert-OH is 1. The van der Waals surface area contributed by atoms with Crippen molar-refractivity contribution in [2.75, 3.05) is 39.5 Å². The lowest BCUT2D eigenvalue weighted by Crippen LogP contribution is -2.29. The van der Waals surface area contributed by atoms with Gasteiger partial charge in [0.1, 0.15) is 0 Å². The van der Waals surface area contributed by atoms with Crippen LogP contribution >= 0.6 is 0 Å². The Morgan fingerprint density at radius 3 is 1.60 bits per heavy atom. The van der Waals surface area contributed by atoms with Crippen molar-refractivity contribution < 1.29 is 24.2 Å². The highest BCUT2D eigenvalue weighted by Crippen LogP contribution is 2.53. The molecule has 308 valence electrons. The van der Waals surface area contributed by atoms with Gasteiger partial charge in [-0.3, -0.25) is 9.59 Å². The third kappa shape index (κ3) is 30.2. The molecule has 0 bridgehead atoms. The van der Waals surface area contributed by atoms with Gasteiger partial charge in [0, 0.05) is 26.0 Å². The van der Waals surface area contributed by atoms with Crippen LogP contribution in [0.15, 0.2) is 0 Å². The maximum absolute atomic E-state index is 12.5. The highest BCUT2D eigenvalue weighted by atomic mass is 16.5. The van der Waals surface area contributed by atoms with Gasteiger partial charge in [-0.2, -0.15) is 0 Å². The summed E-state index contributed by atoms with van der Waals surface area (Å²) in [5.41, 5.74) is 0.483. The number of ether oxygens (including phenoxy) is 2. The van der Waals surface area contributed by atoms with E-state index in [9.17, 15) is 14.7 Å². The van der Waals surface area contributed by atoms with Crippen LogP contribution in [-0.2, 0) is 19.1 Å². The van der Waals surface area contributed by atoms with Gasteiger partial charge in [0.05, 0.1) is 13.2 Å². The Labute approximate surface area is 323 Å². The lowest BCUT2D eigenvalue weighted by molar-refractivity contribution is -0.145. The second-order valence-corrected chi connectivity index (χ2v) is 16.7. The summed E-state index contributed by atoms with van der Waals surface area (Å²) in [4.78, 5) is 27.3. The molecule has 6 nitrogen and oxygen atoms in total. The van der Waals surface area contributed by atoms with Crippen molar-refractivity contribution in [2.24, 2.45) is 11.3 Å². The van der Waals surface area contributed by atoms with E-state index in [1.807, 2.05) is 0 Å². The van der Waals surface area contributed by atoms with Crippen LogP contribution < -0.4 is 0 Å². The fourth-order valence-electron chi connectivity index (χ4n) is 7.72. The first-order valence-electron chi connectivity index (χ1n) is 23.1. The molecule has 1 aliphatic carbocycles. The minimum atomic E-state index is -0.0123.